The van der Waals surface area contributed by atoms with Gasteiger partial charge >= 0.3 is 6.03 Å². The molecule has 8 nitrogen and oxygen atoms in total. The average Bonchev–Trinajstić information content (AvgIpc) is 2.61. The number of nitrogens with two attached hydrogens (primary N) is 1. The number of amides is 3. The number of carbonyl (C=O) groups excluding carboxylic acids is 2. The number of nitrogens with zero attached hydrogens (tertiary/aromatic N) is 2. The van der Waals surface area contributed by atoms with Gasteiger partial charge in [-0.15, -0.1) is 0 Å². The molecule has 3 aromatic rings. The summed E-state index contributed by atoms with van der Waals surface area (Å²) in [5.41, 5.74) is 11.7. The van der Waals surface area contributed by atoms with E-state index in [0.29, 0.717) is 11.4 Å². The molecule has 24 heavy (non-hydrogen) atoms. The van der Waals surface area contributed by atoms with E-state index in [0.717, 1.165) is 10.8 Å². The first-order valence-corrected chi connectivity index (χ1v) is 7.06. The van der Waals surface area contributed by atoms with Gasteiger partial charge in [0.1, 0.15) is 5.69 Å². The predicted octanol–water partition coefficient (Wildman–Crippen LogP) is 1.68. The third-order valence-electron chi connectivity index (χ3n) is 3.27. The number of rotatable bonds is 2. The Morgan fingerprint density at radius 1 is 1.00 bits per heavy atom. The predicted molar refractivity (Wildman–Crippen MR) is 90.0 cm³/mol. The Hall–Kier alpha value is -3.68. The number of anilines is 2. The lowest BCUT2D eigenvalue weighted by Gasteiger charge is -2.12. The molecule has 0 atom stereocenters. The zero-order valence-electron chi connectivity index (χ0n) is 12.5. The summed E-state index contributed by atoms with van der Waals surface area (Å²) in [7, 11) is 0. The van der Waals surface area contributed by atoms with E-state index < -0.39 is 11.9 Å². The summed E-state index contributed by atoms with van der Waals surface area (Å²) in [5.74, 6) is -0.573. The number of aromatic nitrogens is 2. The van der Waals surface area contributed by atoms with Crippen molar-refractivity contribution < 1.29 is 9.59 Å². The maximum absolute atomic E-state index is 12.0. The fraction of sp³-hybridized carbons (Fsp3) is 0. The van der Waals surface area contributed by atoms with Gasteiger partial charge in [-0.25, -0.2) is 15.2 Å². The first kappa shape index (κ1) is 15.2. The van der Waals surface area contributed by atoms with Crippen LogP contribution in [0.2, 0.25) is 0 Å². The Balaban J connectivity index is 1.69. The maximum atomic E-state index is 12.0. The van der Waals surface area contributed by atoms with Crippen molar-refractivity contribution in [1.29, 1.82) is 0 Å². The number of nitrogen functional groups attached to an aromatic ring is 1. The summed E-state index contributed by atoms with van der Waals surface area (Å²) in [5, 5.41) is 4.28. The van der Waals surface area contributed by atoms with Crippen LogP contribution in [-0.4, -0.2) is 21.9 Å². The van der Waals surface area contributed by atoms with Crippen molar-refractivity contribution in [2.24, 2.45) is 0 Å². The van der Waals surface area contributed by atoms with E-state index in [4.69, 9.17) is 5.73 Å². The van der Waals surface area contributed by atoms with Crippen LogP contribution in [0.4, 0.5) is 16.2 Å². The van der Waals surface area contributed by atoms with E-state index in [2.05, 4.69) is 26.1 Å². The number of carbonyl (C=O) groups is 2. The number of benzene rings is 2. The Morgan fingerprint density at radius 3 is 2.54 bits per heavy atom. The van der Waals surface area contributed by atoms with Crippen LogP contribution in [0.3, 0.4) is 0 Å². The highest BCUT2D eigenvalue weighted by Crippen LogP contribution is 2.28. The van der Waals surface area contributed by atoms with Gasteiger partial charge in [0.15, 0.2) is 0 Å². The SMILES string of the molecule is Nc1cccc2cccc(NC(=O)NNC(=O)c3cnccn3)c12. The second kappa shape index (κ2) is 6.61. The second-order valence-corrected chi connectivity index (χ2v) is 4.87. The molecule has 0 aliphatic rings. The molecule has 0 saturated heterocycles. The van der Waals surface area contributed by atoms with Gasteiger partial charge in [0.2, 0.25) is 0 Å². The van der Waals surface area contributed by atoms with Gasteiger partial charge in [-0.3, -0.25) is 15.2 Å². The number of nitrogens with one attached hydrogen (secondary N) is 3. The average molecular weight is 322 g/mol. The van der Waals surface area contributed by atoms with Crippen LogP contribution in [0.25, 0.3) is 10.8 Å². The summed E-state index contributed by atoms with van der Waals surface area (Å²) in [4.78, 5) is 31.4. The van der Waals surface area contributed by atoms with Crippen molar-refractivity contribution >= 4 is 34.1 Å². The molecule has 0 fully saturated rings. The summed E-state index contributed by atoms with van der Waals surface area (Å²) in [6.45, 7) is 0. The van der Waals surface area contributed by atoms with E-state index in [1.807, 2.05) is 18.2 Å². The minimum absolute atomic E-state index is 0.0900. The lowest BCUT2D eigenvalue weighted by atomic mass is 10.1. The van der Waals surface area contributed by atoms with Gasteiger partial charge in [-0.2, -0.15) is 0 Å². The van der Waals surface area contributed by atoms with Gasteiger partial charge in [-0.05, 0) is 17.5 Å². The van der Waals surface area contributed by atoms with Gasteiger partial charge in [0.05, 0.1) is 11.9 Å². The number of hydrogen-bond donors (Lipinski definition) is 4. The number of fused-ring (bicyclic) bond motifs is 1. The largest absolute Gasteiger partial charge is 0.398 e. The molecule has 8 heteroatoms. The molecule has 1 aromatic heterocycles. The van der Waals surface area contributed by atoms with Crippen LogP contribution < -0.4 is 21.9 Å². The zero-order chi connectivity index (χ0) is 16.9. The molecule has 0 unspecified atom stereocenters. The summed E-state index contributed by atoms with van der Waals surface area (Å²) < 4.78 is 0. The lowest BCUT2D eigenvalue weighted by molar-refractivity contribution is 0.0932. The molecule has 1 heterocycles. The van der Waals surface area contributed by atoms with Gasteiger partial charge in [-0.1, -0.05) is 24.3 Å². The fourth-order valence-corrected chi connectivity index (χ4v) is 2.22. The quantitative estimate of drug-likeness (QED) is 0.422. The molecule has 0 bridgehead atoms. The van der Waals surface area contributed by atoms with Crippen LogP contribution in [0.1, 0.15) is 10.5 Å². The van der Waals surface area contributed by atoms with E-state index in [-0.39, 0.29) is 5.69 Å². The molecule has 0 saturated carbocycles. The molecule has 3 amide bonds. The number of urea groups is 1. The van der Waals surface area contributed by atoms with E-state index >= 15 is 0 Å². The van der Waals surface area contributed by atoms with E-state index in [1.165, 1.54) is 18.6 Å². The molecule has 0 radical (unpaired) electrons. The van der Waals surface area contributed by atoms with Crippen molar-refractivity contribution in [2.75, 3.05) is 11.1 Å². The van der Waals surface area contributed by atoms with Crippen molar-refractivity contribution in [3.63, 3.8) is 0 Å². The van der Waals surface area contributed by atoms with Crippen molar-refractivity contribution in [3.05, 3.63) is 60.7 Å². The van der Waals surface area contributed by atoms with Crippen LogP contribution in [-0.2, 0) is 0 Å². The minimum Gasteiger partial charge on any atom is -0.398 e. The molecule has 120 valence electrons. The fourth-order valence-electron chi connectivity index (χ4n) is 2.22. The highest BCUT2D eigenvalue weighted by atomic mass is 16.2. The normalized spacial score (nSPS) is 10.2. The lowest BCUT2D eigenvalue weighted by Crippen LogP contribution is -2.44. The first-order chi connectivity index (χ1) is 11.6. The number of hydrogen-bond acceptors (Lipinski definition) is 5. The van der Waals surface area contributed by atoms with Crippen molar-refractivity contribution in [2.45, 2.75) is 0 Å². The molecule has 0 aliphatic carbocycles. The highest BCUT2D eigenvalue weighted by Gasteiger charge is 2.10. The van der Waals surface area contributed by atoms with Gasteiger partial charge in [0.25, 0.3) is 5.91 Å². The number of hydrazine groups is 1. The molecule has 3 rings (SSSR count). The molecule has 5 N–H and O–H groups in total. The molecule has 2 aromatic carbocycles. The molecular formula is C16H14N6O2. The Labute approximate surface area is 137 Å². The van der Waals surface area contributed by atoms with Crippen LogP contribution in [0.5, 0.6) is 0 Å². The minimum atomic E-state index is -0.608. The third kappa shape index (κ3) is 3.22. The Morgan fingerprint density at radius 2 is 1.79 bits per heavy atom. The summed E-state index contributed by atoms with van der Waals surface area (Å²) in [6, 6.07) is 10.3. The van der Waals surface area contributed by atoms with Crippen LogP contribution >= 0.6 is 0 Å². The van der Waals surface area contributed by atoms with Crippen molar-refractivity contribution in [3.8, 4) is 0 Å². The third-order valence-corrected chi connectivity index (χ3v) is 3.27. The van der Waals surface area contributed by atoms with Crippen molar-refractivity contribution in [1.82, 2.24) is 20.8 Å². The second-order valence-electron chi connectivity index (χ2n) is 4.87. The summed E-state index contributed by atoms with van der Waals surface area (Å²) >= 11 is 0. The van der Waals surface area contributed by atoms with Crippen LogP contribution in [0, 0.1) is 0 Å². The van der Waals surface area contributed by atoms with E-state index in [1.54, 1.807) is 18.2 Å². The first-order valence-electron chi connectivity index (χ1n) is 7.06. The molecule has 0 spiro atoms. The topological polar surface area (TPSA) is 122 Å². The summed E-state index contributed by atoms with van der Waals surface area (Å²) in [6.07, 6.45) is 4.12. The van der Waals surface area contributed by atoms with Gasteiger partial charge in [0, 0.05) is 23.5 Å². The smallest absolute Gasteiger partial charge is 0.337 e. The highest BCUT2D eigenvalue weighted by molar-refractivity contribution is 6.07. The van der Waals surface area contributed by atoms with Gasteiger partial charge < -0.3 is 11.1 Å². The van der Waals surface area contributed by atoms with Crippen LogP contribution in [0.15, 0.2) is 55.0 Å². The zero-order valence-corrected chi connectivity index (χ0v) is 12.5. The molecular weight excluding hydrogens is 308 g/mol. The van der Waals surface area contributed by atoms with E-state index in [9.17, 15) is 9.59 Å². The standard InChI is InChI=1S/C16H14N6O2/c17-11-5-1-3-10-4-2-6-12(14(10)11)20-16(24)22-21-15(23)13-9-18-7-8-19-13/h1-9H,17H2,(H,21,23)(H2,20,22,24). The maximum Gasteiger partial charge on any atom is 0.337 e. The monoisotopic (exact) mass is 322 g/mol. The Kier molecular flexibility index (Phi) is 4.19. The Bertz CT molecular complexity index is 892. The molecule has 0 aliphatic heterocycles.